The minimum Gasteiger partial charge on any atom is -0.389 e. The van der Waals surface area contributed by atoms with Crippen molar-refractivity contribution >= 4 is 9.84 Å². The van der Waals surface area contributed by atoms with E-state index in [0.717, 1.165) is 0 Å². The largest absolute Gasteiger partial charge is 0.389 e. The highest BCUT2D eigenvalue weighted by molar-refractivity contribution is 7.91. The molecule has 0 spiro atoms. The van der Waals surface area contributed by atoms with Gasteiger partial charge in [-0.2, -0.15) is 0 Å². The number of nitrogens with two attached hydrogens (primary N) is 1. The molecule has 2 aliphatic rings. The van der Waals surface area contributed by atoms with Crippen molar-refractivity contribution in [1.82, 2.24) is 0 Å². The van der Waals surface area contributed by atoms with E-state index in [1.165, 1.54) is 0 Å². The summed E-state index contributed by atoms with van der Waals surface area (Å²) in [4.78, 5) is 0. The van der Waals surface area contributed by atoms with Gasteiger partial charge in [-0.3, -0.25) is 0 Å². The van der Waals surface area contributed by atoms with Crippen molar-refractivity contribution in [2.75, 3.05) is 18.1 Å². The van der Waals surface area contributed by atoms with E-state index in [0.29, 0.717) is 31.1 Å². The first-order valence-electron chi connectivity index (χ1n) is 6.36. The molecule has 100 valence electrons. The highest BCUT2D eigenvalue weighted by Crippen LogP contribution is 2.55. The van der Waals surface area contributed by atoms with Gasteiger partial charge in [0, 0.05) is 12.0 Å². The van der Waals surface area contributed by atoms with Crippen LogP contribution in [0.25, 0.3) is 0 Å². The summed E-state index contributed by atoms with van der Waals surface area (Å²) in [5, 5.41) is 10.7. The highest BCUT2D eigenvalue weighted by Gasteiger charge is 2.60. The monoisotopic (exact) mass is 261 g/mol. The summed E-state index contributed by atoms with van der Waals surface area (Å²) in [7, 11) is -3.00. The predicted octanol–water partition coefficient (Wildman–Crippen LogP) is 0.547. The SMILES string of the molecule is CC(C)C1CC(O)(C2(CN)CCS(=O)(=O)C2)C1. The molecule has 2 rings (SSSR count). The predicted molar refractivity (Wildman–Crippen MR) is 67.3 cm³/mol. The summed E-state index contributed by atoms with van der Waals surface area (Å²) in [6.45, 7) is 4.56. The maximum absolute atomic E-state index is 11.6. The molecule has 1 atom stereocenters. The molecule has 0 amide bonds. The third-order valence-corrected chi connectivity index (χ3v) is 6.73. The first-order chi connectivity index (χ1) is 7.74. The Morgan fingerprint density at radius 1 is 1.41 bits per heavy atom. The van der Waals surface area contributed by atoms with Crippen LogP contribution in [0.15, 0.2) is 0 Å². The van der Waals surface area contributed by atoms with E-state index in [1.54, 1.807) is 0 Å². The number of hydrogen-bond acceptors (Lipinski definition) is 4. The van der Waals surface area contributed by atoms with Crippen LogP contribution in [0.5, 0.6) is 0 Å². The number of hydrogen-bond donors (Lipinski definition) is 2. The minimum atomic E-state index is -3.00. The van der Waals surface area contributed by atoms with Crippen LogP contribution in [0.4, 0.5) is 0 Å². The fourth-order valence-electron chi connectivity index (χ4n) is 3.35. The second kappa shape index (κ2) is 3.93. The van der Waals surface area contributed by atoms with E-state index < -0.39 is 20.9 Å². The molecule has 1 saturated carbocycles. The van der Waals surface area contributed by atoms with Gasteiger partial charge in [-0.15, -0.1) is 0 Å². The summed E-state index contributed by atoms with van der Waals surface area (Å²) in [5.74, 6) is 1.30. The summed E-state index contributed by atoms with van der Waals surface area (Å²) >= 11 is 0. The lowest BCUT2D eigenvalue weighted by Crippen LogP contribution is -2.61. The quantitative estimate of drug-likeness (QED) is 0.777. The fraction of sp³-hybridized carbons (Fsp3) is 1.00. The van der Waals surface area contributed by atoms with E-state index in [-0.39, 0.29) is 18.1 Å². The standard InChI is InChI=1S/C12H23NO3S/c1-9(2)10-5-12(14,6-10)11(7-13)3-4-17(15,16)8-11/h9-10,14H,3-8,13H2,1-2H3. The Morgan fingerprint density at radius 2 is 2.00 bits per heavy atom. The Labute approximate surface area is 104 Å². The maximum Gasteiger partial charge on any atom is 0.151 e. The molecule has 0 bridgehead atoms. The van der Waals surface area contributed by atoms with E-state index in [1.807, 2.05) is 0 Å². The third kappa shape index (κ3) is 2.02. The Hall–Kier alpha value is -0.130. The van der Waals surface area contributed by atoms with Gasteiger partial charge in [-0.05, 0) is 31.1 Å². The van der Waals surface area contributed by atoms with Gasteiger partial charge in [0.2, 0.25) is 0 Å². The van der Waals surface area contributed by atoms with Crippen LogP contribution in [0.1, 0.15) is 33.1 Å². The topological polar surface area (TPSA) is 80.4 Å². The molecule has 0 radical (unpaired) electrons. The molecule has 1 heterocycles. The van der Waals surface area contributed by atoms with E-state index in [4.69, 9.17) is 5.73 Å². The first kappa shape index (κ1) is 13.3. The molecular weight excluding hydrogens is 238 g/mol. The van der Waals surface area contributed by atoms with Crippen molar-refractivity contribution in [3.05, 3.63) is 0 Å². The van der Waals surface area contributed by atoms with Crippen LogP contribution in [0.3, 0.4) is 0 Å². The van der Waals surface area contributed by atoms with Crippen LogP contribution in [0, 0.1) is 17.3 Å². The Kier molecular flexibility index (Phi) is 3.08. The van der Waals surface area contributed by atoms with Crippen LogP contribution < -0.4 is 5.73 Å². The molecular formula is C12H23NO3S. The molecule has 17 heavy (non-hydrogen) atoms. The molecule has 3 N–H and O–H groups in total. The second-order valence-electron chi connectivity index (χ2n) is 6.27. The third-order valence-electron chi connectivity index (χ3n) is 4.91. The van der Waals surface area contributed by atoms with E-state index >= 15 is 0 Å². The molecule has 0 aromatic heterocycles. The van der Waals surface area contributed by atoms with Gasteiger partial charge in [0.05, 0.1) is 17.1 Å². The lowest BCUT2D eigenvalue weighted by atomic mass is 9.54. The zero-order valence-electron chi connectivity index (χ0n) is 10.6. The Balaban J connectivity index is 2.16. The van der Waals surface area contributed by atoms with Crippen molar-refractivity contribution in [3.63, 3.8) is 0 Å². The van der Waals surface area contributed by atoms with Crippen molar-refractivity contribution < 1.29 is 13.5 Å². The van der Waals surface area contributed by atoms with Crippen molar-refractivity contribution in [2.45, 2.75) is 38.7 Å². The molecule has 2 fully saturated rings. The van der Waals surface area contributed by atoms with E-state index in [2.05, 4.69) is 13.8 Å². The van der Waals surface area contributed by atoms with Gasteiger partial charge in [0.15, 0.2) is 9.84 Å². The molecule has 1 unspecified atom stereocenters. The van der Waals surface area contributed by atoms with Crippen molar-refractivity contribution in [3.8, 4) is 0 Å². The smallest absolute Gasteiger partial charge is 0.151 e. The molecule has 1 aliphatic carbocycles. The van der Waals surface area contributed by atoms with Gasteiger partial charge in [0.25, 0.3) is 0 Å². The summed E-state index contributed by atoms with van der Waals surface area (Å²) in [5.41, 5.74) is 4.35. The van der Waals surface area contributed by atoms with Crippen LogP contribution in [-0.2, 0) is 9.84 Å². The van der Waals surface area contributed by atoms with Crippen LogP contribution >= 0.6 is 0 Å². The molecule has 1 saturated heterocycles. The van der Waals surface area contributed by atoms with Crippen LogP contribution in [0.2, 0.25) is 0 Å². The average Bonchev–Trinajstić information content (AvgIpc) is 2.50. The lowest BCUT2D eigenvalue weighted by Gasteiger charge is -2.55. The number of rotatable bonds is 3. The van der Waals surface area contributed by atoms with Gasteiger partial charge >= 0.3 is 0 Å². The summed E-state index contributed by atoms with van der Waals surface area (Å²) < 4.78 is 23.3. The maximum atomic E-state index is 11.6. The minimum absolute atomic E-state index is 0.0673. The lowest BCUT2D eigenvalue weighted by molar-refractivity contribution is -0.163. The fourth-order valence-corrected chi connectivity index (χ4v) is 5.57. The molecule has 0 aromatic carbocycles. The first-order valence-corrected chi connectivity index (χ1v) is 8.19. The van der Waals surface area contributed by atoms with Crippen molar-refractivity contribution in [1.29, 1.82) is 0 Å². The summed E-state index contributed by atoms with van der Waals surface area (Å²) in [6, 6.07) is 0. The van der Waals surface area contributed by atoms with Crippen LogP contribution in [-0.4, -0.2) is 37.2 Å². The highest BCUT2D eigenvalue weighted by atomic mass is 32.2. The zero-order chi connectivity index (χ0) is 12.9. The van der Waals surface area contributed by atoms with E-state index in [9.17, 15) is 13.5 Å². The number of sulfone groups is 1. The van der Waals surface area contributed by atoms with Gasteiger partial charge < -0.3 is 10.8 Å². The van der Waals surface area contributed by atoms with Gasteiger partial charge in [-0.25, -0.2) is 8.42 Å². The molecule has 0 aromatic rings. The Morgan fingerprint density at radius 3 is 2.35 bits per heavy atom. The number of aliphatic hydroxyl groups is 1. The van der Waals surface area contributed by atoms with Gasteiger partial charge in [-0.1, -0.05) is 13.8 Å². The summed E-state index contributed by atoms with van der Waals surface area (Å²) in [6.07, 6.45) is 1.93. The second-order valence-corrected chi connectivity index (χ2v) is 8.45. The molecule has 1 aliphatic heterocycles. The zero-order valence-corrected chi connectivity index (χ0v) is 11.5. The molecule has 4 nitrogen and oxygen atoms in total. The normalized spacial score (nSPS) is 44.9. The van der Waals surface area contributed by atoms with Crippen molar-refractivity contribution in [2.24, 2.45) is 23.0 Å². The van der Waals surface area contributed by atoms with Gasteiger partial charge in [0.1, 0.15) is 0 Å². The Bertz CT molecular complexity index is 398. The average molecular weight is 261 g/mol. The molecule has 5 heteroatoms.